The van der Waals surface area contributed by atoms with Gasteiger partial charge in [-0.05, 0) is 17.7 Å². The number of benzene rings is 1. The van der Waals surface area contributed by atoms with E-state index in [2.05, 4.69) is 0 Å². The minimum Gasteiger partial charge on any atom is -0.387 e. The third kappa shape index (κ3) is 2.11. The molecule has 0 unspecified atom stereocenters. The molecule has 0 radical (unpaired) electrons. The molecule has 0 saturated carbocycles. The Bertz CT molecular complexity index is 278. The average molecular weight is 206 g/mol. The van der Waals surface area contributed by atoms with Crippen molar-refractivity contribution >= 4 is 23.2 Å². The molecule has 0 heterocycles. The van der Waals surface area contributed by atoms with Crippen LogP contribution in [0.15, 0.2) is 18.2 Å². The molecule has 0 bridgehead atoms. The van der Waals surface area contributed by atoms with Crippen molar-refractivity contribution in [2.75, 3.05) is 6.54 Å². The molecule has 0 saturated heterocycles. The summed E-state index contributed by atoms with van der Waals surface area (Å²) in [6.45, 7) is 0.179. The molecule has 2 nitrogen and oxygen atoms in total. The van der Waals surface area contributed by atoms with Crippen LogP contribution in [0.5, 0.6) is 0 Å². The molecular formula is C8H9Cl2NO. The molecule has 1 aromatic carbocycles. The third-order valence-corrected chi connectivity index (χ3v) is 2.29. The largest absolute Gasteiger partial charge is 0.387 e. The fraction of sp³-hybridized carbons (Fsp3) is 0.250. The zero-order valence-electron chi connectivity index (χ0n) is 6.30. The molecule has 0 aromatic heterocycles. The van der Waals surface area contributed by atoms with Crippen molar-refractivity contribution < 1.29 is 5.11 Å². The van der Waals surface area contributed by atoms with E-state index in [4.69, 9.17) is 28.9 Å². The molecule has 3 N–H and O–H groups in total. The molecule has 0 fully saturated rings. The summed E-state index contributed by atoms with van der Waals surface area (Å²) in [6.07, 6.45) is -0.667. The van der Waals surface area contributed by atoms with E-state index in [1.54, 1.807) is 18.2 Å². The van der Waals surface area contributed by atoms with E-state index in [1.807, 2.05) is 0 Å². The van der Waals surface area contributed by atoms with Crippen molar-refractivity contribution in [1.82, 2.24) is 0 Å². The van der Waals surface area contributed by atoms with Gasteiger partial charge in [-0.1, -0.05) is 29.3 Å². The van der Waals surface area contributed by atoms with Crippen LogP contribution in [-0.4, -0.2) is 11.7 Å². The van der Waals surface area contributed by atoms with Crippen LogP contribution in [0.2, 0.25) is 10.0 Å². The molecule has 4 heteroatoms. The summed E-state index contributed by atoms with van der Waals surface area (Å²) in [7, 11) is 0. The number of aliphatic hydroxyl groups excluding tert-OH is 1. The average Bonchev–Trinajstić information content (AvgIpc) is 2.08. The van der Waals surface area contributed by atoms with Crippen LogP contribution in [0.25, 0.3) is 0 Å². The standard InChI is InChI=1S/C8H9Cl2NO/c9-6-2-1-5(3-7(6)10)8(12)4-11/h1-3,8,12H,4,11H2/t8-/m0/s1. The Morgan fingerprint density at radius 3 is 2.50 bits per heavy atom. The van der Waals surface area contributed by atoms with E-state index >= 15 is 0 Å². The number of aliphatic hydroxyl groups is 1. The Morgan fingerprint density at radius 1 is 1.33 bits per heavy atom. The number of rotatable bonds is 2. The van der Waals surface area contributed by atoms with Crippen molar-refractivity contribution in [3.63, 3.8) is 0 Å². The molecule has 0 aliphatic heterocycles. The maximum atomic E-state index is 9.32. The van der Waals surface area contributed by atoms with Crippen molar-refractivity contribution in [3.8, 4) is 0 Å². The minimum atomic E-state index is -0.667. The minimum absolute atomic E-state index is 0.179. The van der Waals surface area contributed by atoms with Crippen LogP contribution in [-0.2, 0) is 0 Å². The lowest BCUT2D eigenvalue weighted by Crippen LogP contribution is -2.11. The van der Waals surface area contributed by atoms with Crippen LogP contribution in [0, 0.1) is 0 Å². The van der Waals surface area contributed by atoms with Gasteiger partial charge in [-0.2, -0.15) is 0 Å². The zero-order valence-corrected chi connectivity index (χ0v) is 7.81. The smallest absolute Gasteiger partial charge is 0.0912 e. The Labute approximate surface area is 80.9 Å². The molecule has 12 heavy (non-hydrogen) atoms. The highest BCUT2D eigenvalue weighted by atomic mass is 35.5. The van der Waals surface area contributed by atoms with Crippen LogP contribution in [0.3, 0.4) is 0 Å². The Balaban J connectivity index is 2.96. The second-order valence-electron chi connectivity index (χ2n) is 2.43. The lowest BCUT2D eigenvalue weighted by molar-refractivity contribution is 0.187. The summed E-state index contributed by atoms with van der Waals surface area (Å²) in [5.41, 5.74) is 5.95. The quantitative estimate of drug-likeness (QED) is 0.777. The molecule has 0 amide bonds. The van der Waals surface area contributed by atoms with Gasteiger partial charge in [-0.25, -0.2) is 0 Å². The number of nitrogens with two attached hydrogens (primary N) is 1. The maximum Gasteiger partial charge on any atom is 0.0912 e. The topological polar surface area (TPSA) is 46.2 Å². The molecule has 66 valence electrons. The van der Waals surface area contributed by atoms with Gasteiger partial charge in [0.25, 0.3) is 0 Å². The maximum absolute atomic E-state index is 9.32. The van der Waals surface area contributed by atoms with Crippen molar-refractivity contribution in [1.29, 1.82) is 0 Å². The SMILES string of the molecule is NC[C@H](O)c1ccc(Cl)c(Cl)c1. The number of hydrogen-bond donors (Lipinski definition) is 2. The first kappa shape index (κ1) is 9.81. The normalized spacial score (nSPS) is 13.0. The highest BCUT2D eigenvalue weighted by molar-refractivity contribution is 6.42. The molecule has 1 atom stereocenters. The predicted molar refractivity (Wildman–Crippen MR) is 50.5 cm³/mol. The van der Waals surface area contributed by atoms with E-state index < -0.39 is 6.10 Å². The highest BCUT2D eigenvalue weighted by Crippen LogP contribution is 2.25. The lowest BCUT2D eigenvalue weighted by Gasteiger charge is -2.08. The van der Waals surface area contributed by atoms with Gasteiger partial charge in [0.15, 0.2) is 0 Å². The lowest BCUT2D eigenvalue weighted by atomic mass is 10.1. The van der Waals surface area contributed by atoms with Gasteiger partial charge in [0, 0.05) is 6.54 Å². The van der Waals surface area contributed by atoms with Crippen LogP contribution in [0.4, 0.5) is 0 Å². The second kappa shape index (κ2) is 4.10. The van der Waals surface area contributed by atoms with Crippen molar-refractivity contribution in [2.45, 2.75) is 6.10 Å². The zero-order chi connectivity index (χ0) is 9.14. The Kier molecular flexibility index (Phi) is 3.35. The number of halogens is 2. The fourth-order valence-electron chi connectivity index (χ4n) is 0.856. The summed E-state index contributed by atoms with van der Waals surface area (Å²) in [6, 6.07) is 4.95. The Hall–Kier alpha value is -0.280. The second-order valence-corrected chi connectivity index (χ2v) is 3.24. The van der Waals surface area contributed by atoms with Crippen LogP contribution in [0.1, 0.15) is 11.7 Å². The third-order valence-electron chi connectivity index (χ3n) is 1.55. The van der Waals surface area contributed by atoms with Gasteiger partial charge in [0.2, 0.25) is 0 Å². The van der Waals surface area contributed by atoms with Crippen molar-refractivity contribution in [3.05, 3.63) is 33.8 Å². The summed E-state index contributed by atoms with van der Waals surface area (Å²) >= 11 is 11.4. The molecule has 0 spiro atoms. The highest BCUT2D eigenvalue weighted by Gasteiger charge is 2.06. The molecule has 0 aliphatic carbocycles. The first-order valence-corrected chi connectivity index (χ1v) is 4.24. The fourth-order valence-corrected chi connectivity index (χ4v) is 1.16. The summed E-state index contributed by atoms with van der Waals surface area (Å²) in [4.78, 5) is 0. The van der Waals surface area contributed by atoms with Crippen LogP contribution >= 0.6 is 23.2 Å². The van der Waals surface area contributed by atoms with E-state index in [1.165, 1.54) is 0 Å². The number of hydrogen-bond acceptors (Lipinski definition) is 2. The first-order valence-electron chi connectivity index (χ1n) is 3.48. The van der Waals surface area contributed by atoms with E-state index in [0.717, 1.165) is 0 Å². The summed E-state index contributed by atoms with van der Waals surface area (Å²) < 4.78 is 0. The first-order chi connectivity index (χ1) is 5.65. The van der Waals surface area contributed by atoms with Crippen molar-refractivity contribution in [2.24, 2.45) is 5.73 Å². The predicted octanol–water partition coefficient (Wildman–Crippen LogP) is 1.99. The van der Waals surface area contributed by atoms with Crippen LogP contribution < -0.4 is 5.73 Å². The van der Waals surface area contributed by atoms with Gasteiger partial charge < -0.3 is 10.8 Å². The summed E-state index contributed by atoms with van der Waals surface area (Å²) in [5, 5.41) is 10.2. The van der Waals surface area contributed by atoms with Gasteiger partial charge in [0.05, 0.1) is 16.1 Å². The monoisotopic (exact) mass is 205 g/mol. The van der Waals surface area contributed by atoms with Gasteiger partial charge in [0.1, 0.15) is 0 Å². The summed E-state index contributed by atoms with van der Waals surface area (Å²) in [5.74, 6) is 0. The molecule has 1 aromatic rings. The van der Waals surface area contributed by atoms with Gasteiger partial charge in [-0.3, -0.25) is 0 Å². The van der Waals surface area contributed by atoms with Gasteiger partial charge >= 0.3 is 0 Å². The Morgan fingerprint density at radius 2 is 2.00 bits per heavy atom. The molecule has 0 aliphatic rings. The van der Waals surface area contributed by atoms with Gasteiger partial charge in [-0.15, -0.1) is 0 Å². The molecule has 1 rings (SSSR count). The van der Waals surface area contributed by atoms with E-state index in [-0.39, 0.29) is 6.54 Å². The molecular weight excluding hydrogens is 197 g/mol. The van der Waals surface area contributed by atoms with E-state index in [0.29, 0.717) is 15.6 Å². The van der Waals surface area contributed by atoms with E-state index in [9.17, 15) is 5.11 Å².